The number of alkyl carbamates (subject to hydrolysis) is 1. The van der Waals surface area contributed by atoms with Crippen molar-refractivity contribution in [2.24, 2.45) is 0 Å². The normalized spacial score (nSPS) is 11.8. The first kappa shape index (κ1) is 36.8. The minimum Gasteiger partial charge on any atom is -0.495 e. The Bertz CT molecular complexity index is 1140. The SMILES string of the molecule is C#CCNc1ccc(S(=O)(=O)N(CCOCCOCCOCCNC(=O)OC(C)(C)C)C(=O)OC(C)(C)C)cc1OC. The lowest BCUT2D eigenvalue weighted by Crippen LogP contribution is -2.42. The Balaban J connectivity index is 2.57. The zero-order valence-electron chi connectivity index (χ0n) is 25.6. The van der Waals surface area contributed by atoms with E-state index in [0.717, 1.165) is 0 Å². The molecule has 0 radical (unpaired) electrons. The van der Waals surface area contributed by atoms with Gasteiger partial charge in [-0.1, -0.05) is 5.92 Å². The number of methoxy groups -OCH3 is 1. The molecule has 13 nitrogen and oxygen atoms in total. The summed E-state index contributed by atoms with van der Waals surface area (Å²) in [5.41, 5.74) is -0.984. The average Bonchev–Trinajstić information content (AvgIpc) is 2.87. The molecule has 0 saturated heterocycles. The molecular weight excluding hydrogens is 570 g/mol. The molecule has 0 aliphatic carbocycles. The van der Waals surface area contributed by atoms with E-state index < -0.39 is 33.4 Å². The van der Waals surface area contributed by atoms with E-state index in [2.05, 4.69) is 16.6 Å². The van der Waals surface area contributed by atoms with Gasteiger partial charge in [-0.2, -0.15) is 4.31 Å². The van der Waals surface area contributed by atoms with Crippen molar-refractivity contribution in [1.82, 2.24) is 9.62 Å². The minimum absolute atomic E-state index is 0.0897. The number of carbonyl (C=O) groups is 2. The van der Waals surface area contributed by atoms with Gasteiger partial charge in [0.25, 0.3) is 10.0 Å². The number of hydrogen-bond acceptors (Lipinski definition) is 11. The summed E-state index contributed by atoms with van der Waals surface area (Å²) in [6, 6.07) is 4.15. The quantitative estimate of drug-likeness (QED) is 0.196. The number of anilines is 1. The van der Waals surface area contributed by atoms with Crippen molar-refractivity contribution in [3.05, 3.63) is 18.2 Å². The second-order valence-corrected chi connectivity index (χ2v) is 12.6. The van der Waals surface area contributed by atoms with Crippen LogP contribution in [-0.4, -0.2) is 102 Å². The Morgan fingerprint density at radius 3 is 2.02 bits per heavy atom. The van der Waals surface area contributed by atoms with Crippen LogP contribution in [0.1, 0.15) is 41.5 Å². The summed E-state index contributed by atoms with van der Waals surface area (Å²) in [6.45, 7) is 11.7. The molecule has 0 atom stereocenters. The first-order valence-electron chi connectivity index (χ1n) is 13.4. The number of nitrogens with zero attached hydrogens (tertiary/aromatic N) is 1. The maximum absolute atomic E-state index is 13.5. The Kier molecular flexibility index (Phi) is 15.5. The topological polar surface area (TPSA) is 151 Å². The maximum atomic E-state index is 13.5. The van der Waals surface area contributed by atoms with Crippen molar-refractivity contribution in [2.45, 2.75) is 57.6 Å². The molecule has 14 heteroatoms. The number of sulfonamides is 1. The van der Waals surface area contributed by atoms with Gasteiger partial charge in [0, 0.05) is 12.6 Å². The third kappa shape index (κ3) is 14.6. The van der Waals surface area contributed by atoms with Crippen molar-refractivity contribution in [2.75, 3.05) is 71.7 Å². The lowest BCUT2D eigenvalue weighted by atomic mass is 10.2. The van der Waals surface area contributed by atoms with E-state index in [1.807, 2.05) is 0 Å². The van der Waals surface area contributed by atoms with Crippen LogP contribution in [-0.2, 0) is 33.7 Å². The van der Waals surface area contributed by atoms with Gasteiger partial charge in [0.15, 0.2) is 0 Å². The fraction of sp³-hybridized carbons (Fsp3) is 0.643. The molecular formula is C28H45N3O10S. The molecule has 1 aromatic rings. The van der Waals surface area contributed by atoms with E-state index in [1.54, 1.807) is 41.5 Å². The van der Waals surface area contributed by atoms with Crippen LogP contribution in [0.25, 0.3) is 0 Å². The van der Waals surface area contributed by atoms with Crippen LogP contribution < -0.4 is 15.4 Å². The molecule has 0 aromatic heterocycles. The van der Waals surface area contributed by atoms with E-state index in [1.165, 1.54) is 25.3 Å². The predicted molar refractivity (Wildman–Crippen MR) is 157 cm³/mol. The van der Waals surface area contributed by atoms with Crippen LogP contribution in [0.15, 0.2) is 23.1 Å². The molecule has 2 amide bonds. The Hall–Kier alpha value is -3.25. The number of terminal acetylenes is 1. The molecule has 42 heavy (non-hydrogen) atoms. The number of benzene rings is 1. The maximum Gasteiger partial charge on any atom is 0.424 e. The molecule has 0 saturated carbocycles. The molecule has 0 unspecified atom stereocenters. The van der Waals surface area contributed by atoms with Gasteiger partial charge < -0.3 is 39.1 Å². The van der Waals surface area contributed by atoms with Crippen LogP contribution >= 0.6 is 0 Å². The molecule has 0 heterocycles. The first-order chi connectivity index (χ1) is 19.6. The van der Waals surface area contributed by atoms with E-state index >= 15 is 0 Å². The fourth-order valence-corrected chi connectivity index (χ4v) is 4.40. The largest absolute Gasteiger partial charge is 0.495 e. The molecule has 0 aliphatic heterocycles. The van der Waals surface area contributed by atoms with Gasteiger partial charge in [-0.15, -0.1) is 6.42 Å². The summed E-state index contributed by atoms with van der Waals surface area (Å²) in [6.07, 6.45) is 3.74. The zero-order valence-corrected chi connectivity index (χ0v) is 26.4. The Labute approximate surface area is 249 Å². The predicted octanol–water partition coefficient (Wildman–Crippen LogP) is 3.24. The van der Waals surface area contributed by atoms with E-state index in [-0.39, 0.29) is 43.6 Å². The number of carbonyl (C=O) groups excluding carboxylic acids is 2. The molecule has 0 bridgehead atoms. The third-order valence-corrected chi connectivity index (χ3v) is 6.60. The van der Waals surface area contributed by atoms with Gasteiger partial charge in [0.1, 0.15) is 17.0 Å². The molecule has 0 aliphatic rings. The molecule has 2 N–H and O–H groups in total. The van der Waals surface area contributed by atoms with Crippen LogP contribution in [0.5, 0.6) is 5.75 Å². The molecule has 0 fully saturated rings. The summed E-state index contributed by atoms with van der Waals surface area (Å²) in [7, 11) is -2.93. The summed E-state index contributed by atoms with van der Waals surface area (Å²) in [5.74, 6) is 2.67. The summed E-state index contributed by atoms with van der Waals surface area (Å²) >= 11 is 0. The van der Waals surface area contributed by atoms with E-state index in [0.29, 0.717) is 36.4 Å². The average molecular weight is 616 g/mol. The highest BCUT2D eigenvalue weighted by molar-refractivity contribution is 7.89. The summed E-state index contributed by atoms with van der Waals surface area (Å²) in [5, 5.41) is 5.53. The highest BCUT2D eigenvalue weighted by Gasteiger charge is 2.33. The molecule has 238 valence electrons. The fourth-order valence-electron chi connectivity index (χ4n) is 3.10. The number of rotatable bonds is 17. The van der Waals surface area contributed by atoms with E-state index in [4.69, 9.17) is 34.8 Å². The first-order valence-corrected chi connectivity index (χ1v) is 14.9. The van der Waals surface area contributed by atoms with Gasteiger partial charge in [-0.25, -0.2) is 18.0 Å². The van der Waals surface area contributed by atoms with Gasteiger partial charge >= 0.3 is 12.2 Å². The van der Waals surface area contributed by atoms with Gasteiger partial charge in [0.2, 0.25) is 0 Å². The third-order valence-electron chi connectivity index (χ3n) is 4.84. The number of nitrogens with one attached hydrogen (secondary N) is 2. The lowest BCUT2D eigenvalue weighted by Gasteiger charge is -2.27. The van der Waals surface area contributed by atoms with E-state index in [9.17, 15) is 18.0 Å². The van der Waals surface area contributed by atoms with Crippen molar-refractivity contribution in [3.63, 3.8) is 0 Å². The van der Waals surface area contributed by atoms with Gasteiger partial charge in [0.05, 0.1) is 70.4 Å². The molecule has 0 spiro atoms. The zero-order chi connectivity index (χ0) is 31.8. The van der Waals surface area contributed by atoms with Crippen molar-refractivity contribution >= 4 is 27.9 Å². The molecule has 1 aromatic carbocycles. The lowest BCUT2D eigenvalue weighted by molar-refractivity contribution is 0.00932. The standard InChI is InChI=1S/C28H45N3O10S/c1-9-12-29-23-11-10-22(21-24(23)36-8)42(34,35)31(26(33)41-28(5,6)7)14-16-38-18-20-39-19-17-37-15-13-30-25(32)40-27(2,3)4/h1,10-11,21,29H,12-20H2,2-8H3,(H,30,32). The van der Waals surface area contributed by atoms with Crippen LogP contribution in [0.4, 0.5) is 15.3 Å². The number of amides is 2. The van der Waals surface area contributed by atoms with Gasteiger partial charge in [-0.05, 0) is 53.7 Å². The smallest absolute Gasteiger partial charge is 0.424 e. The van der Waals surface area contributed by atoms with Crippen molar-refractivity contribution in [1.29, 1.82) is 0 Å². The van der Waals surface area contributed by atoms with Crippen LogP contribution in [0, 0.1) is 12.3 Å². The van der Waals surface area contributed by atoms with Crippen LogP contribution in [0.3, 0.4) is 0 Å². The highest BCUT2D eigenvalue weighted by Crippen LogP contribution is 2.29. The second-order valence-electron chi connectivity index (χ2n) is 10.7. The highest BCUT2D eigenvalue weighted by atomic mass is 32.2. The van der Waals surface area contributed by atoms with Crippen LogP contribution in [0.2, 0.25) is 0 Å². The Morgan fingerprint density at radius 1 is 0.905 bits per heavy atom. The van der Waals surface area contributed by atoms with Crippen molar-refractivity contribution < 1.29 is 46.4 Å². The minimum atomic E-state index is -4.32. The summed E-state index contributed by atoms with van der Waals surface area (Å²) in [4.78, 5) is 24.3. The number of ether oxygens (including phenoxy) is 6. The van der Waals surface area contributed by atoms with Gasteiger partial charge in [-0.3, -0.25) is 0 Å². The summed E-state index contributed by atoms with van der Waals surface area (Å²) < 4.78 is 59.6. The van der Waals surface area contributed by atoms with Crippen molar-refractivity contribution in [3.8, 4) is 18.1 Å². The monoisotopic (exact) mass is 615 g/mol. The Morgan fingerprint density at radius 2 is 1.48 bits per heavy atom. The number of hydrogen-bond donors (Lipinski definition) is 2. The molecule has 1 rings (SSSR count). The second kappa shape index (κ2) is 17.6.